The van der Waals surface area contributed by atoms with E-state index in [1.165, 1.54) is 34.0 Å². The Morgan fingerprint density at radius 2 is 1.90 bits per heavy atom. The molecule has 4 aromatic heterocycles. The van der Waals surface area contributed by atoms with Crippen LogP contribution < -0.4 is 10.9 Å². The van der Waals surface area contributed by atoms with Crippen molar-refractivity contribution in [1.29, 1.82) is 0 Å². The number of alkyl halides is 1. The Balaban J connectivity index is 1.45. The molecule has 1 unspecified atom stereocenters. The van der Waals surface area contributed by atoms with Crippen LogP contribution in [0.5, 0.6) is 0 Å². The highest BCUT2D eigenvalue weighted by Gasteiger charge is 2.29. The largest absolute Gasteiger partial charge is 0.323 e. The van der Waals surface area contributed by atoms with Crippen LogP contribution in [0.4, 0.5) is 10.1 Å². The molecule has 5 aromatic rings. The lowest BCUT2D eigenvalue weighted by Gasteiger charge is -2.24. The summed E-state index contributed by atoms with van der Waals surface area (Å²) in [5.41, 5.74) is 3.46. The molecule has 11 nitrogen and oxygen atoms in total. The van der Waals surface area contributed by atoms with E-state index in [4.69, 9.17) is 23.2 Å². The number of aryl methyl sites for hydroxylation is 1. The van der Waals surface area contributed by atoms with Crippen LogP contribution in [-0.4, -0.2) is 51.4 Å². The van der Waals surface area contributed by atoms with Gasteiger partial charge >= 0.3 is 0 Å². The second-order valence-electron chi connectivity index (χ2n) is 10.1. The minimum Gasteiger partial charge on any atom is -0.323 e. The van der Waals surface area contributed by atoms with Crippen LogP contribution >= 0.6 is 23.2 Å². The maximum Gasteiger partial charge on any atom is 0.254 e. The number of halogens is 3. The zero-order valence-corrected chi connectivity index (χ0v) is 24.0. The van der Waals surface area contributed by atoms with E-state index < -0.39 is 24.0 Å². The van der Waals surface area contributed by atoms with E-state index in [-0.39, 0.29) is 23.6 Å². The third kappa shape index (κ3) is 5.19. The Morgan fingerprint density at radius 3 is 2.67 bits per heavy atom. The predicted octanol–water partition coefficient (Wildman–Crippen LogP) is 4.89. The highest BCUT2D eigenvalue weighted by atomic mass is 35.5. The molecule has 1 aliphatic heterocycles. The summed E-state index contributed by atoms with van der Waals surface area (Å²) in [6, 6.07) is 9.42. The number of benzene rings is 1. The van der Waals surface area contributed by atoms with Gasteiger partial charge in [-0.2, -0.15) is 5.10 Å². The SMILES string of the molecule is C[C@@H]1C(=O)Nc2cnn(C)c2-c2ccnc(c2)[C@@H](n2cnc(-c3cc(Cl)ccc3-n3cc(Cl)nn3)cc2=O)CCC1F. The average molecular weight is 608 g/mol. The summed E-state index contributed by atoms with van der Waals surface area (Å²) in [4.78, 5) is 35.7. The molecule has 42 heavy (non-hydrogen) atoms. The Kier molecular flexibility index (Phi) is 7.33. The molecule has 0 saturated heterocycles. The van der Waals surface area contributed by atoms with Crippen molar-refractivity contribution in [2.24, 2.45) is 13.0 Å². The Hall–Kier alpha value is -4.42. The fourth-order valence-corrected chi connectivity index (χ4v) is 5.42. The molecule has 1 aromatic carbocycles. The molecule has 3 atom stereocenters. The van der Waals surface area contributed by atoms with Gasteiger partial charge in [0.15, 0.2) is 5.15 Å². The van der Waals surface area contributed by atoms with Gasteiger partial charge in [0.25, 0.3) is 5.56 Å². The third-order valence-corrected chi connectivity index (χ3v) is 7.79. The number of amides is 1. The van der Waals surface area contributed by atoms with E-state index in [0.717, 1.165) is 5.56 Å². The number of nitrogens with zero attached hydrogens (tertiary/aromatic N) is 8. The normalized spacial score (nSPS) is 19.0. The molecule has 0 saturated carbocycles. The van der Waals surface area contributed by atoms with E-state index in [1.807, 2.05) is 6.07 Å². The van der Waals surface area contributed by atoms with E-state index >= 15 is 4.39 Å². The molecule has 2 bridgehead atoms. The van der Waals surface area contributed by atoms with Crippen molar-refractivity contribution in [3.8, 4) is 28.2 Å². The van der Waals surface area contributed by atoms with Gasteiger partial charge in [0, 0.05) is 35.5 Å². The van der Waals surface area contributed by atoms with Gasteiger partial charge in [-0.1, -0.05) is 35.3 Å². The van der Waals surface area contributed by atoms with Crippen LogP contribution in [0.3, 0.4) is 0 Å². The van der Waals surface area contributed by atoms with Gasteiger partial charge < -0.3 is 5.32 Å². The zero-order valence-electron chi connectivity index (χ0n) is 22.4. The first-order valence-corrected chi connectivity index (χ1v) is 13.8. The summed E-state index contributed by atoms with van der Waals surface area (Å²) < 4.78 is 19.9. The van der Waals surface area contributed by atoms with Crippen LogP contribution in [0.25, 0.3) is 28.2 Å². The van der Waals surface area contributed by atoms with Crippen molar-refractivity contribution >= 4 is 34.8 Å². The lowest BCUT2D eigenvalue weighted by atomic mass is 9.95. The Bertz CT molecular complexity index is 1870. The van der Waals surface area contributed by atoms with Gasteiger partial charge in [0.2, 0.25) is 5.91 Å². The van der Waals surface area contributed by atoms with Gasteiger partial charge in [-0.15, -0.1) is 5.10 Å². The van der Waals surface area contributed by atoms with Crippen LogP contribution in [0.1, 0.15) is 31.5 Å². The number of rotatable bonds is 3. The fourth-order valence-electron chi connectivity index (χ4n) is 5.12. The van der Waals surface area contributed by atoms with Crippen molar-refractivity contribution in [3.05, 3.63) is 87.5 Å². The van der Waals surface area contributed by atoms with Crippen molar-refractivity contribution in [3.63, 3.8) is 0 Å². The highest BCUT2D eigenvalue weighted by molar-refractivity contribution is 6.31. The van der Waals surface area contributed by atoms with Gasteiger partial charge in [-0.25, -0.2) is 14.1 Å². The van der Waals surface area contributed by atoms with Crippen molar-refractivity contribution in [1.82, 2.24) is 39.3 Å². The molecule has 0 fully saturated rings. The monoisotopic (exact) mass is 607 g/mol. The molecule has 6 rings (SSSR count). The first-order valence-electron chi connectivity index (χ1n) is 13.1. The molecule has 1 amide bonds. The highest BCUT2D eigenvalue weighted by Crippen LogP contribution is 2.33. The van der Waals surface area contributed by atoms with Gasteiger partial charge in [-0.3, -0.25) is 23.8 Å². The van der Waals surface area contributed by atoms with Gasteiger partial charge in [0.05, 0.1) is 59.1 Å². The minimum absolute atomic E-state index is 0.0186. The number of hydrogen-bond donors (Lipinski definition) is 1. The maximum atomic E-state index is 15.3. The number of pyridine rings is 1. The summed E-state index contributed by atoms with van der Waals surface area (Å²) in [7, 11) is 1.75. The number of aromatic nitrogens is 8. The second-order valence-corrected chi connectivity index (χ2v) is 10.9. The topological polar surface area (TPSA) is 125 Å². The van der Waals surface area contributed by atoms with Crippen LogP contribution in [0.15, 0.2) is 66.1 Å². The fraction of sp³-hybridized carbons (Fsp3) is 0.250. The van der Waals surface area contributed by atoms with E-state index in [9.17, 15) is 9.59 Å². The van der Waals surface area contributed by atoms with E-state index in [2.05, 4.69) is 30.7 Å². The predicted molar refractivity (Wildman–Crippen MR) is 155 cm³/mol. The zero-order chi connectivity index (χ0) is 29.5. The number of anilines is 1. The molecular formula is C28H24Cl2FN9O2. The molecule has 1 aliphatic rings. The van der Waals surface area contributed by atoms with Crippen LogP contribution in [0, 0.1) is 5.92 Å². The summed E-state index contributed by atoms with van der Waals surface area (Å²) in [6.07, 6.45) is 4.86. The smallest absolute Gasteiger partial charge is 0.254 e. The van der Waals surface area contributed by atoms with Crippen molar-refractivity contribution < 1.29 is 9.18 Å². The molecule has 0 spiro atoms. The first kappa shape index (κ1) is 27.7. The quantitative estimate of drug-likeness (QED) is 0.309. The summed E-state index contributed by atoms with van der Waals surface area (Å²) in [6.45, 7) is 1.54. The first-order chi connectivity index (χ1) is 20.2. The van der Waals surface area contributed by atoms with E-state index in [0.29, 0.717) is 39.0 Å². The molecule has 214 valence electrons. The number of fused-ring (bicyclic) bond motifs is 4. The maximum absolute atomic E-state index is 15.3. The lowest BCUT2D eigenvalue weighted by molar-refractivity contribution is -0.121. The number of carbonyl (C=O) groups is 1. The number of hydrogen-bond acceptors (Lipinski definition) is 7. The molecule has 14 heteroatoms. The standard InChI is InChI=1S/C28H24Cl2FN9O2/c1-15-19(31)4-6-24(21-9-16(7-8-32-21)27-22(35-28(15)42)12-34-38(27)2)39-14-33-20(11-26(39)41)18-10-17(29)3-5-23(18)40-13-25(30)36-37-40/h3,5,7-15,19,24H,4,6H2,1-2H3,(H,35,42)/t15-,19?,24-/m0/s1. The Morgan fingerprint density at radius 1 is 1.07 bits per heavy atom. The molecule has 0 radical (unpaired) electrons. The van der Waals surface area contributed by atoms with E-state index in [1.54, 1.807) is 49.1 Å². The average Bonchev–Trinajstić information content (AvgIpc) is 3.57. The van der Waals surface area contributed by atoms with Gasteiger partial charge in [0.1, 0.15) is 6.17 Å². The van der Waals surface area contributed by atoms with Crippen LogP contribution in [0.2, 0.25) is 10.2 Å². The molecule has 5 heterocycles. The summed E-state index contributed by atoms with van der Waals surface area (Å²) in [5, 5.41) is 15.6. The molecular weight excluding hydrogens is 584 g/mol. The summed E-state index contributed by atoms with van der Waals surface area (Å²) in [5.74, 6) is -1.37. The Labute approximate surface area is 248 Å². The molecule has 0 aliphatic carbocycles. The second kappa shape index (κ2) is 11.1. The number of carbonyl (C=O) groups excluding carboxylic acids is 1. The minimum atomic E-state index is -1.46. The number of nitrogens with one attached hydrogen (secondary N) is 1. The van der Waals surface area contributed by atoms with Crippen molar-refractivity contribution in [2.75, 3.05) is 5.32 Å². The van der Waals surface area contributed by atoms with Crippen LogP contribution in [-0.2, 0) is 11.8 Å². The third-order valence-electron chi connectivity index (χ3n) is 7.38. The lowest BCUT2D eigenvalue weighted by Crippen LogP contribution is -2.31. The van der Waals surface area contributed by atoms with Gasteiger partial charge in [-0.05, 0) is 43.2 Å². The molecule has 1 N–H and O–H groups in total. The van der Waals surface area contributed by atoms with Crippen molar-refractivity contribution in [2.45, 2.75) is 32.0 Å². The summed E-state index contributed by atoms with van der Waals surface area (Å²) >= 11 is 12.3.